The molecule has 0 amide bonds. The molecule has 3 rings (SSSR count). The van der Waals surface area contributed by atoms with Crippen molar-refractivity contribution in [3.05, 3.63) is 41.6 Å². The summed E-state index contributed by atoms with van der Waals surface area (Å²) in [6.07, 6.45) is 2.58. The lowest BCUT2D eigenvalue weighted by Gasteiger charge is -2.14. The molecule has 0 aliphatic carbocycles. The van der Waals surface area contributed by atoms with E-state index >= 15 is 0 Å². The molecule has 4 nitrogen and oxygen atoms in total. The fourth-order valence-corrected chi connectivity index (χ4v) is 2.67. The van der Waals surface area contributed by atoms with Crippen LogP contribution in [0.15, 0.2) is 30.3 Å². The van der Waals surface area contributed by atoms with Crippen LogP contribution in [0.4, 0.5) is 0 Å². The molecule has 0 saturated carbocycles. The molecule has 1 aromatic heterocycles. The van der Waals surface area contributed by atoms with E-state index in [1.54, 1.807) is 6.07 Å². The Morgan fingerprint density at radius 3 is 2.80 bits per heavy atom. The van der Waals surface area contributed by atoms with Crippen molar-refractivity contribution >= 4 is 16.9 Å². The number of nitrogens with zero attached hydrogens (tertiary/aromatic N) is 2. The first kappa shape index (κ1) is 13.1. The topological polar surface area (TPSA) is 42.4 Å². The molecule has 0 atom stereocenters. The third-order valence-electron chi connectivity index (χ3n) is 3.75. The molecule has 4 heteroatoms. The number of likely N-dealkylation sites (tertiary alicyclic amines) is 1. The molecule has 0 N–H and O–H groups in total. The third kappa shape index (κ3) is 2.65. The van der Waals surface area contributed by atoms with Crippen LogP contribution in [0.2, 0.25) is 0 Å². The van der Waals surface area contributed by atoms with Gasteiger partial charge in [0.2, 0.25) is 0 Å². The van der Waals surface area contributed by atoms with E-state index in [0.717, 1.165) is 23.1 Å². The van der Waals surface area contributed by atoms with E-state index in [2.05, 4.69) is 9.88 Å². The molecule has 2 aromatic rings. The summed E-state index contributed by atoms with van der Waals surface area (Å²) in [5.74, 6) is -0.312. The van der Waals surface area contributed by atoms with Crippen LogP contribution in [0.25, 0.3) is 10.9 Å². The molecule has 1 saturated heterocycles. The lowest BCUT2D eigenvalue weighted by molar-refractivity contribution is 0.0601. The minimum absolute atomic E-state index is 0.312. The summed E-state index contributed by atoms with van der Waals surface area (Å²) in [6.45, 7) is 3.25. The zero-order valence-corrected chi connectivity index (χ0v) is 11.6. The van der Waals surface area contributed by atoms with Crippen LogP contribution < -0.4 is 0 Å². The van der Waals surface area contributed by atoms with Crippen molar-refractivity contribution in [2.24, 2.45) is 0 Å². The number of aromatic nitrogens is 1. The maximum atomic E-state index is 11.5. The number of carbonyl (C=O) groups is 1. The van der Waals surface area contributed by atoms with Crippen molar-refractivity contribution in [2.75, 3.05) is 20.2 Å². The Kier molecular flexibility index (Phi) is 3.65. The first-order valence-corrected chi connectivity index (χ1v) is 6.96. The first-order valence-electron chi connectivity index (χ1n) is 6.96. The van der Waals surface area contributed by atoms with Gasteiger partial charge in [-0.3, -0.25) is 9.88 Å². The molecule has 104 valence electrons. The minimum atomic E-state index is -0.312. The summed E-state index contributed by atoms with van der Waals surface area (Å²) in [7, 11) is 1.39. The van der Waals surface area contributed by atoms with Gasteiger partial charge in [-0.2, -0.15) is 0 Å². The molecular weight excluding hydrogens is 252 g/mol. The second-order valence-corrected chi connectivity index (χ2v) is 5.18. The van der Waals surface area contributed by atoms with E-state index in [-0.39, 0.29) is 5.97 Å². The third-order valence-corrected chi connectivity index (χ3v) is 3.75. The van der Waals surface area contributed by atoms with Gasteiger partial charge in [-0.1, -0.05) is 6.07 Å². The van der Waals surface area contributed by atoms with Gasteiger partial charge in [0, 0.05) is 11.9 Å². The number of pyridine rings is 1. The molecule has 1 aromatic carbocycles. The van der Waals surface area contributed by atoms with E-state index in [9.17, 15) is 4.79 Å². The Morgan fingerprint density at radius 1 is 1.25 bits per heavy atom. The number of hydrogen-bond acceptors (Lipinski definition) is 4. The SMILES string of the molecule is COC(=O)c1ccc2nc(CN3CCCC3)ccc2c1. The highest BCUT2D eigenvalue weighted by atomic mass is 16.5. The Hall–Kier alpha value is -1.94. The molecule has 0 unspecified atom stereocenters. The van der Waals surface area contributed by atoms with E-state index in [1.807, 2.05) is 24.3 Å². The quantitative estimate of drug-likeness (QED) is 0.804. The second-order valence-electron chi connectivity index (χ2n) is 5.18. The van der Waals surface area contributed by atoms with Crippen molar-refractivity contribution < 1.29 is 9.53 Å². The molecular formula is C16H18N2O2. The summed E-state index contributed by atoms with van der Waals surface area (Å²) < 4.78 is 4.73. The maximum Gasteiger partial charge on any atom is 0.337 e. The van der Waals surface area contributed by atoms with Crippen molar-refractivity contribution in [3.8, 4) is 0 Å². The highest BCUT2D eigenvalue weighted by Crippen LogP contribution is 2.17. The van der Waals surface area contributed by atoms with E-state index in [0.29, 0.717) is 5.56 Å². The monoisotopic (exact) mass is 270 g/mol. The zero-order chi connectivity index (χ0) is 13.9. The van der Waals surface area contributed by atoms with Crippen LogP contribution in [0.1, 0.15) is 28.9 Å². The molecule has 0 bridgehead atoms. The smallest absolute Gasteiger partial charge is 0.337 e. The fourth-order valence-electron chi connectivity index (χ4n) is 2.67. The number of esters is 1. The number of rotatable bonds is 3. The van der Waals surface area contributed by atoms with Gasteiger partial charge in [0.15, 0.2) is 0 Å². The molecule has 2 heterocycles. The molecule has 0 radical (unpaired) electrons. The average molecular weight is 270 g/mol. The van der Waals surface area contributed by atoms with Gasteiger partial charge in [0.05, 0.1) is 23.9 Å². The van der Waals surface area contributed by atoms with Gasteiger partial charge >= 0.3 is 5.97 Å². The predicted octanol–water partition coefficient (Wildman–Crippen LogP) is 2.62. The highest BCUT2D eigenvalue weighted by molar-refractivity contribution is 5.94. The van der Waals surface area contributed by atoms with Crippen LogP contribution in [0, 0.1) is 0 Å². The normalized spacial score (nSPS) is 15.7. The van der Waals surface area contributed by atoms with Gasteiger partial charge in [-0.05, 0) is 50.2 Å². The largest absolute Gasteiger partial charge is 0.465 e. The average Bonchev–Trinajstić information content (AvgIpc) is 2.98. The standard InChI is InChI=1S/C16H18N2O2/c1-20-16(19)13-5-7-15-12(10-13)4-6-14(17-15)11-18-8-2-3-9-18/h4-7,10H,2-3,8-9,11H2,1H3. The number of fused-ring (bicyclic) bond motifs is 1. The number of ether oxygens (including phenoxy) is 1. The Labute approximate surface area is 118 Å². The van der Waals surface area contributed by atoms with Gasteiger partial charge in [0.1, 0.15) is 0 Å². The van der Waals surface area contributed by atoms with E-state index in [4.69, 9.17) is 4.74 Å². The van der Waals surface area contributed by atoms with Crippen LogP contribution in [0.3, 0.4) is 0 Å². The van der Waals surface area contributed by atoms with Gasteiger partial charge in [-0.15, -0.1) is 0 Å². The van der Waals surface area contributed by atoms with E-state index in [1.165, 1.54) is 33.0 Å². The molecule has 1 aliphatic heterocycles. The highest BCUT2D eigenvalue weighted by Gasteiger charge is 2.13. The fraction of sp³-hybridized carbons (Fsp3) is 0.375. The zero-order valence-electron chi connectivity index (χ0n) is 11.6. The molecule has 1 aliphatic rings. The van der Waals surface area contributed by atoms with Crippen molar-refractivity contribution in [1.29, 1.82) is 0 Å². The second kappa shape index (κ2) is 5.59. The number of carbonyl (C=O) groups excluding carboxylic acids is 1. The lowest BCUT2D eigenvalue weighted by Crippen LogP contribution is -2.19. The first-order chi connectivity index (χ1) is 9.76. The summed E-state index contributed by atoms with van der Waals surface area (Å²) >= 11 is 0. The molecule has 0 spiro atoms. The van der Waals surface area contributed by atoms with Crippen LogP contribution in [-0.4, -0.2) is 36.1 Å². The summed E-state index contributed by atoms with van der Waals surface area (Å²) in [5, 5.41) is 0.970. The Morgan fingerprint density at radius 2 is 2.05 bits per heavy atom. The van der Waals surface area contributed by atoms with Gasteiger partial charge in [-0.25, -0.2) is 4.79 Å². The molecule has 20 heavy (non-hydrogen) atoms. The Balaban J connectivity index is 1.86. The van der Waals surface area contributed by atoms with Crippen molar-refractivity contribution in [1.82, 2.24) is 9.88 Å². The number of benzene rings is 1. The van der Waals surface area contributed by atoms with Gasteiger partial charge < -0.3 is 4.74 Å². The van der Waals surface area contributed by atoms with Crippen LogP contribution in [0.5, 0.6) is 0 Å². The maximum absolute atomic E-state index is 11.5. The Bertz CT molecular complexity index is 633. The van der Waals surface area contributed by atoms with Crippen molar-refractivity contribution in [3.63, 3.8) is 0 Å². The molecule has 1 fully saturated rings. The summed E-state index contributed by atoms with van der Waals surface area (Å²) in [5.41, 5.74) is 2.58. The van der Waals surface area contributed by atoms with Gasteiger partial charge in [0.25, 0.3) is 0 Å². The number of hydrogen-bond donors (Lipinski definition) is 0. The minimum Gasteiger partial charge on any atom is -0.465 e. The van der Waals surface area contributed by atoms with Crippen LogP contribution in [-0.2, 0) is 11.3 Å². The summed E-state index contributed by atoms with van der Waals surface area (Å²) in [4.78, 5) is 18.6. The van der Waals surface area contributed by atoms with E-state index < -0.39 is 0 Å². The number of methoxy groups -OCH3 is 1. The van der Waals surface area contributed by atoms with Crippen LogP contribution >= 0.6 is 0 Å². The summed E-state index contributed by atoms with van der Waals surface area (Å²) in [6, 6.07) is 9.55. The predicted molar refractivity (Wildman–Crippen MR) is 77.6 cm³/mol. The lowest BCUT2D eigenvalue weighted by atomic mass is 10.1. The van der Waals surface area contributed by atoms with Crippen molar-refractivity contribution in [2.45, 2.75) is 19.4 Å².